The maximum Gasteiger partial charge on any atom is 0.249 e. The van der Waals surface area contributed by atoms with Crippen molar-refractivity contribution in [2.24, 2.45) is 5.92 Å². The second kappa shape index (κ2) is 6.71. The van der Waals surface area contributed by atoms with Crippen LogP contribution < -0.4 is 0 Å². The standard InChI is InChI=1S/C18H22N4O2/c23-18(13-5-2-1-3-6-13)22-10-8-15(12-22)17-21-20-16(24-17)14-7-4-9-19-11-14/h4,7,9,11,13,15H,1-3,5-6,8,10,12H2. The molecule has 0 spiro atoms. The minimum absolute atomic E-state index is 0.149. The lowest BCUT2D eigenvalue weighted by Gasteiger charge is -2.26. The van der Waals surface area contributed by atoms with E-state index in [0.29, 0.717) is 24.2 Å². The van der Waals surface area contributed by atoms with Gasteiger partial charge in [-0.2, -0.15) is 0 Å². The summed E-state index contributed by atoms with van der Waals surface area (Å²) >= 11 is 0. The second-order valence-electron chi connectivity index (χ2n) is 6.79. The third-order valence-corrected chi connectivity index (χ3v) is 5.15. The van der Waals surface area contributed by atoms with Gasteiger partial charge in [-0.05, 0) is 31.4 Å². The molecular formula is C18H22N4O2. The minimum Gasteiger partial charge on any atom is -0.420 e. The molecule has 1 amide bonds. The van der Waals surface area contributed by atoms with E-state index in [-0.39, 0.29) is 11.8 Å². The first kappa shape index (κ1) is 15.3. The molecular weight excluding hydrogens is 304 g/mol. The number of likely N-dealkylation sites (tertiary alicyclic amines) is 1. The van der Waals surface area contributed by atoms with Crippen LogP contribution in [0.5, 0.6) is 0 Å². The SMILES string of the molecule is O=C(C1CCCCC1)N1CCC(c2nnc(-c3cccnc3)o2)C1. The molecule has 1 unspecified atom stereocenters. The molecule has 1 saturated heterocycles. The Morgan fingerprint density at radius 1 is 1.17 bits per heavy atom. The molecule has 4 rings (SSSR count). The molecule has 2 aromatic rings. The second-order valence-corrected chi connectivity index (χ2v) is 6.79. The summed E-state index contributed by atoms with van der Waals surface area (Å²) < 4.78 is 5.83. The average Bonchev–Trinajstić information content (AvgIpc) is 3.32. The van der Waals surface area contributed by atoms with E-state index in [0.717, 1.165) is 31.4 Å². The quantitative estimate of drug-likeness (QED) is 0.867. The van der Waals surface area contributed by atoms with Crippen molar-refractivity contribution in [3.63, 3.8) is 0 Å². The van der Waals surface area contributed by atoms with Gasteiger partial charge in [-0.25, -0.2) is 0 Å². The fourth-order valence-corrected chi connectivity index (χ4v) is 3.78. The summed E-state index contributed by atoms with van der Waals surface area (Å²) in [5.41, 5.74) is 0.824. The van der Waals surface area contributed by atoms with Crippen LogP contribution in [0.15, 0.2) is 28.9 Å². The van der Waals surface area contributed by atoms with E-state index in [9.17, 15) is 4.79 Å². The molecule has 6 heteroatoms. The van der Waals surface area contributed by atoms with Crippen molar-refractivity contribution in [3.05, 3.63) is 30.4 Å². The van der Waals surface area contributed by atoms with Crippen LogP contribution in [0.4, 0.5) is 0 Å². The van der Waals surface area contributed by atoms with Gasteiger partial charge in [0.15, 0.2) is 0 Å². The third-order valence-electron chi connectivity index (χ3n) is 5.15. The summed E-state index contributed by atoms with van der Waals surface area (Å²) in [5.74, 6) is 1.83. The highest BCUT2D eigenvalue weighted by molar-refractivity contribution is 5.79. The van der Waals surface area contributed by atoms with Crippen LogP contribution in [0.2, 0.25) is 0 Å². The molecule has 0 bridgehead atoms. The van der Waals surface area contributed by atoms with Gasteiger partial charge in [-0.1, -0.05) is 19.3 Å². The highest BCUT2D eigenvalue weighted by atomic mass is 16.4. The summed E-state index contributed by atoms with van der Waals surface area (Å²) in [6, 6.07) is 3.75. The summed E-state index contributed by atoms with van der Waals surface area (Å²) in [7, 11) is 0. The predicted molar refractivity (Wildman–Crippen MR) is 88.0 cm³/mol. The molecule has 1 saturated carbocycles. The summed E-state index contributed by atoms with van der Waals surface area (Å²) in [5, 5.41) is 8.33. The van der Waals surface area contributed by atoms with Crippen LogP contribution >= 0.6 is 0 Å². The van der Waals surface area contributed by atoms with E-state index in [1.807, 2.05) is 17.0 Å². The van der Waals surface area contributed by atoms with Gasteiger partial charge in [0.25, 0.3) is 0 Å². The molecule has 126 valence electrons. The van der Waals surface area contributed by atoms with Gasteiger partial charge in [-0.15, -0.1) is 10.2 Å². The van der Waals surface area contributed by atoms with Gasteiger partial charge >= 0.3 is 0 Å². The van der Waals surface area contributed by atoms with Crippen molar-refractivity contribution in [2.45, 2.75) is 44.4 Å². The van der Waals surface area contributed by atoms with Gasteiger partial charge < -0.3 is 9.32 Å². The molecule has 24 heavy (non-hydrogen) atoms. The topological polar surface area (TPSA) is 72.1 Å². The Morgan fingerprint density at radius 3 is 2.83 bits per heavy atom. The van der Waals surface area contributed by atoms with Crippen molar-refractivity contribution >= 4 is 5.91 Å². The zero-order chi connectivity index (χ0) is 16.4. The van der Waals surface area contributed by atoms with E-state index in [1.165, 1.54) is 19.3 Å². The molecule has 0 radical (unpaired) electrons. The maximum absolute atomic E-state index is 12.7. The van der Waals surface area contributed by atoms with E-state index in [1.54, 1.807) is 12.4 Å². The fourth-order valence-electron chi connectivity index (χ4n) is 3.78. The van der Waals surface area contributed by atoms with Crippen LogP contribution in [0.3, 0.4) is 0 Å². The number of hydrogen-bond acceptors (Lipinski definition) is 5. The number of aromatic nitrogens is 3. The average molecular weight is 326 g/mol. The Kier molecular flexibility index (Phi) is 4.28. The number of rotatable bonds is 3. The minimum atomic E-state index is 0.149. The summed E-state index contributed by atoms with van der Waals surface area (Å²) in [6.07, 6.45) is 10.1. The highest BCUT2D eigenvalue weighted by Gasteiger charge is 2.34. The molecule has 1 aliphatic heterocycles. The van der Waals surface area contributed by atoms with Gasteiger partial charge in [0.1, 0.15) is 0 Å². The van der Waals surface area contributed by atoms with E-state index >= 15 is 0 Å². The molecule has 2 aromatic heterocycles. The zero-order valence-electron chi connectivity index (χ0n) is 13.7. The lowest BCUT2D eigenvalue weighted by molar-refractivity contribution is -0.135. The molecule has 0 aromatic carbocycles. The Labute approximate surface area is 141 Å². The van der Waals surface area contributed by atoms with Crippen molar-refractivity contribution < 1.29 is 9.21 Å². The Bertz CT molecular complexity index is 694. The van der Waals surface area contributed by atoms with E-state index < -0.39 is 0 Å². The Balaban J connectivity index is 1.42. The molecule has 6 nitrogen and oxygen atoms in total. The summed E-state index contributed by atoms with van der Waals surface area (Å²) in [4.78, 5) is 18.7. The van der Waals surface area contributed by atoms with Gasteiger partial charge in [0, 0.05) is 31.4 Å². The molecule has 0 N–H and O–H groups in total. The van der Waals surface area contributed by atoms with Crippen molar-refractivity contribution in [1.82, 2.24) is 20.1 Å². The van der Waals surface area contributed by atoms with Crippen molar-refractivity contribution in [3.8, 4) is 11.5 Å². The number of nitrogens with zero attached hydrogens (tertiary/aromatic N) is 4. The maximum atomic E-state index is 12.7. The van der Waals surface area contributed by atoms with Crippen LogP contribution in [-0.4, -0.2) is 39.1 Å². The molecule has 3 heterocycles. The van der Waals surface area contributed by atoms with Crippen LogP contribution in [0.1, 0.15) is 50.3 Å². The van der Waals surface area contributed by atoms with E-state index in [2.05, 4.69) is 15.2 Å². The largest absolute Gasteiger partial charge is 0.420 e. The highest BCUT2D eigenvalue weighted by Crippen LogP contribution is 2.32. The lowest BCUT2D eigenvalue weighted by atomic mass is 9.88. The van der Waals surface area contributed by atoms with Crippen molar-refractivity contribution in [1.29, 1.82) is 0 Å². The van der Waals surface area contributed by atoms with Crippen LogP contribution in [0, 0.1) is 5.92 Å². The van der Waals surface area contributed by atoms with Gasteiger partial charge in [0.2, 0.25) is 17.7 Å². The Hall–Kier alpha value is -2.24. The normalized spacial score (nSPS) is 22.0. The third kappa shape index (κ3) is 3.05. The number of carbonyl (C=O) groups is 1. The first-order chi connectivity index (χ1) is 11.8. The lowest BCUT2D eigenvalue weighted by Crippen LogP contribution is -2.35. The van der Waals surface area contributed by atoms with Gasteiger partial charge in [0.05, 0.1) is 11.5 Å². The number of pyridine rings is 1. The Morgan fingerprint density at radius 2 is 2.04 bits per heavy atom. The summed E-state index contributed by atoms with van der Waals surface area (Å²) in [6.45, 7) is 1.49. The molecule has 1 aliphatic carbocycles. The molecule has 2 fully saturated rings. The predicted octanol–water partition coefficient (Wildman–Crippen LogP) is 3.03. The first-order valence-electron chi connectivity index (χ1n) is 8.84. The first-order valence-corrected chi connectivity index (χ1v) is 8.84. The smallest absolute Gasteiger partial charge is 0.249 e. The molecule has 2 aliphatic rings. The molecule has 1 atom stereocenters. The zero-order valence-corrected chi connectivity index (χ0v) is 13.7. The number of hydrogen-bond donors (Lipinski definition) is 0. The number of carbonyl (C=O) groups excluding carboxylic acids is 1. The van der Waals surface area contributed by atoms with Crippen LogP contribution in [0.25, 0.3) is 11.5 Å². The number of amides is 1. The fraction of sp³-hybridized carbons (Fsp3) is 0.556. The monoisotopic (exact) mass is 326 g/mol. The van der Waals surface area contributed by atoms with Gasteiger partial charge in [-0.3, -0.25) is 9.78 Å². The van der Waals surface area contributed by atoms with Crippen molar-refractivity contribution in [2.75, 3.05) is 13.1 Å². The van der Waals surface area contributed by atoms with E-state index in [4.69, 9.17) is 4.42 Å². The van der Waals surface area contributed by atoms with Crippen LogP contribution in [-0.2, 0) is 4.79 Å².